The standard InChI is InChI=1S/C30H33ClN4O4S/c1-20-6-14-26(15-7-20)40(38,39)34-28-5-3-2-4-27(28)30(37)32-18-29(36)33-23-16-24-12-13-25(17-23)35(24)19-21-8-10-22(31)11-9-21/h2-11,14-15,23-25,34H,12-13,16-19H2,1H3,(H,32,37)(H,33,36)/t23-,24+,25-. The van der Waals surface area contributed by atoms with Crippen molar-refractivity contribution in [2.45, 2.75) is 62.2 Å². The van der Waals surface area contributed by atoms with E-state index in [0.717, 1.165) is 42.8 Å². The number of aryl methyl sites for hydroxylation is 1. The number of para-hydroxylation sites is 1. The Balaban J connectivity index is 1.14. The van der Waals surface area contributed by atoms with E-state index in [2.05, 4.69) is 32.4 Å². The molecule has 8 nitrogen and oxygen atoms in total. The van der Waals surface area contributed by atoms with Gasteiger partial charge in [0, 0.05) is 29.7 Å². The third-order valence-corrected chi connectivity index (χ3v) is 9.32. The highest BCUT2D eigenvalue weighted by atomic mass is 35.5. The number of nitrogens with one attached hydrogen (secondary N) is 3. The van der Waals surface area contributed by atoms with Crippen molar-refractivity contribution in [3.8, 4) is 0 Å². The molecule has 210 valence electrons. The molecule has 2 amide bonds. The van der Waals surface area contributed by atoms with Crippen LogP contribution >= 0.6 is 11.6 Å². The van der Waals surface area contributed by atoms with E-state index in [9.17, 15) is 18.0 Å². The Kier molecular flexibility index (Phi) is 8.44. The Morgan fingerprint density at radius 3 is 2.25 bits per heavy atom. The fraction of sp³-hybridized carbons (Fsp3) is 0.333. The molecule has 40 heavy (non-hydrogen) atoms. The normalized spacial score (nSPS) is 20.6. The number of halogens is 1. The minimum Gasteiger partial charge on any atom is -0.352 e. The van der Waals surface area contributed by atoms with Crippen molar-refractivity contribution < 1.29 is 18.0 Å². The first-order chi connectivity index (χ1) is 19.2. The summed E-state index contributed by atoms with van der Waals surface area (Å²) in [4.78, 5) is 28.3. The number of hydrogen-bond acceptors (Lipinski definition) is 5. The Labute approximate surface area is 240 Å². The van der Waals surface area contributed by atoms with Crippen LogP contribution in [0.25, 0.3) is 0 Å². The van der Waals surface area contributed by atoms with Gasteiger partial charge in [-0.25, -0.2) is 8.42 Å². The maximum atomic E-state index is 12.9. The minimum atomic E-state index is -3.89. The van der Waals surface area contributed by atoms with Gasteiger partial charge in [0.1, 0.15) is 0 Å². The van der Waals surface area contributed by atoms with E-state index in [4.69, 9.17) is 11.6 Å². The van der Waals surface area contributed by atoms with Crippen LogP contribution in [-0.4, -0.2) is 49.8 Å². The summed E-state index contributed by atoms with van der Waals surface area (Å²) in [6.07, 6.45) is 3.95. The summed E-state index contributed by atoms with van der Waals surface area (Å²) >= 11 is 6.02. The maximum Gasteiger partial charge on any atom is 0.261 e. The lowest BCUT2D eigenvalue weighted by Crippen LogP contribution is -2.51. The number of hydrogen-bond donors (Lipinski definition) is 3. The highest BCUT2D eigenvalue weighted by Crippen LogP contribution is 2.37. The van der Waals surface area contributed by atoms with Crippen molar-refractivity contribution in [2.24, 2.45) is 0 Å². The molecule has 0 aliphatic carbocycles. The second-order valence-corrected chi connectivity index (χ2v) is 12.7. The number of amides is 2. The summed E-state index contributed by atoms with van der Waals surface area (Å²) in [6.45, 7) is 2.55. The molecule has 10 heteroatoms. The molecule has 3 aromatic carbocycles. The molecule has 2 fully saturated rings. The van der Waals surface area contributed by atoms with E-state index in [-0.39, 0.29) is 34.6 Å². The SMILES string of the molecule is Cc1ccc(S(=O)(=O)Nc2ccccc2C(=O)NCC(=O)N[C@H]2C[C@H]3CC[C@@H](C2)N3Cc2ccc(Cl)cc2)cc1. The number of piperidine rings is 1. The maximum absolute atomic E-state index is 12.9. The van der Waals surface area contributed by atoms with Gasteiger partial charge in [0.2, 0.25) is 5.91 Å². The zero-order valence-electron chi connectivity index (χ0n) is 22.3. The quantitative estimate of drug-likeness (QED) is 0.346. The third kappa shape index (κ3) is 6.66. The molecule has 0 spiro atoms. The average molecular weight is 581 g/mol. The summed E-state index contributed by atoms with van der Waals surface area (Å²) in [5.41, 5.74) is 2.45. The molecule has 3 aromatic rings. The topological polar surface area (TPSA) is 108 Å². The lowest BCUT2D eigenvalue weighted by molar-refractivity contribution is -0.121. The lowest BCUT2D eigenvalue weighted by atomic mass is 9.96. The fourth-order valence-corrected chi connectivity index (χ4v) is 6.88. The van der Waals surface area contributed by atoms with Crippen LogP contribution in [0.5, 0.6) is 0 Å². The molecule has 3 N–H and O–H groups in total. The number of anilines is 1. The number of rotatable bonds is 9. The van der Waals surface area contributed by atoms with Gasteiger partial charge in [-0.05, 0) is 74.6 Å². The van der Waals surface area contributed by atoms with E-state index >= 15 is 0 Å². The number of carbonyl (C=O) groups excluding carboxylic acids is 2. The zero-order chi connectivity index (χ0) is 28.3. The first-order valence-electron chi connectivity index (χ1n) is 13.4. The average Bonchev–Trinajstić information content (AvgIpc) is 3.15. The molecular weight excluding hydrogens is 548 g/mol. The molecule has 0 saturated carbocycles. The molecule has 2 bridgehead atoms. The zero-order valence-corrected chi connectivity index (χ0v) is 23.8. The second kappa shape index (κ2) is 12.0. The molecular formula is C30H33ClN4O4S. The summed E-state index contributed by atoms with van der Waals surface area (Å²) in [7, 11) is -3.89. The van der Waals surface area contributed by atoms with E-state index < -0.39 is 15.9 Å². The second-order valence-electron chi connectivity index (χ2n) is 10.6. The first-order valence-corrected chi connectivity index (χ1v) is 15.3. The van der Waals surface area contributed by atoms with Crippen LogP contribution in [-0.2, 0) is 21.4 Å². The van der Waals surface area contributed by atoms with Crippen molar-refractivity contribution >= 4 is 39.1 Å². The Bertz CT molecular complexity index is 1460. The summed E-state index contributed by atoms with van der Waals surface area (Å²) in [5.74, 6) is -0.795. The number of sulfonamides is 1. The van der Waals surface area contributed by atoms with Crippen molar-refractivity contribution in [3.05, 3.63) is 94.5 Å². The van der Waals surface area contributed by atoms with Gasteiger partial charge in [0.05, 0.1) is 22.7 Å². The molecule has 2 saturated heterocycles. The third-order valence-electron chi connectivity index (χ3n) is 7.68. The van der Waals surface area contributed by atoms with Crippen LogP contribution < -0.4 is 15.4 Å². The van der Waals surface area contributed by atoms with E-state index in [1.807, 2.05) is 19.1 Å². The summed E-state index contributed by atoms with van der Waals surface area (Å²) in [6, 6.07) is 21.6. The Morgan fingerprint density at radius 1 is 0.925 bits per heavy atom. The van der Waals surface area contributed by atoms with Crippen LogP contribution in [0.2, 0.25) is 5.02 Å². The van der Waals surface area contributed by atoms with Gasteiger partial charge in [0.25, 0.3) is 15.9 Å². The van der Waals surface area contributed by atoms with Gasteiger partial charge in [-0.15, -0.1) is 0 Å². The van der Waals surface area contributed by atoms with Crippen LogP contribution in [0.15, 0.2) is 77.7 Å². The molecule has 3 atom stereocenters. The lowest BCUT2D eigenvalue weighted by Gasteiger charge is -2.39. The van der Waals surface area contributed by atoms with Crippen molar-refractivity contribution in [1.82, 2.24) is 15.5 Å². The van der Waals surface area contributed by atoms with E-state index in [1.165, 1.54) is 29.8 Å². The Hall–Kier alpha value is -3.40. The predicted octanol–water partition coefficient (Wildman–Crippen LogP) is 4.49. The monoisotopic (exact) mass is 580 g/mol. The number of benzene rings is 3. The molecule has 0 aromatic heterocycles. The van der Waals surface area contributed by atoms with Crippen molar-refractivity contribution in [3.63, 3.8) is 0 Å². The Morgan fingerprint density at radius 2 is 1.57 bits per heavy atom. The molecule has 0 unspecified atom stereocenters. The van der Waals surface area contributed by atoms with Gasteiger partial charge in [-0.3, -0.25) is 19.2 Å². The van der Waals surface area contributed by atoms with Gasteiger partial charge < -0.3 is 10.6 Å². The fourth-order valence-electron chi connectivity index (χ4n) is 5.68. The van der Waals surface area contributed by atoms with Crippen molar-refractivity contribution in [2.75, 3.05) is 11.3 Å². The first kappa shape index (κ1) is 28.1. The van der Waals surface area contributed by atoms with Crippen LogP contribution in [0.1, 0.15) is 47.2 Å². The minimum absolute atomic E-state index is 0.0528. The largest absolute Gasteiger partial charge is 0.352 e. The van der Waals surface area contributed by atoms with E-state index in [0.29, 0.717) is 12.1 Å². The number of carbonyl (C=O) groups is 2. The van der Waals surface area contributed by atoms with Crippen LogP contribution in [0, 0.1) is 6.92 Å². The van der Waals surface area contributed by atoms with Crippen LogP contribution in [0.4, 0.5) is 5.69 Å². The van der Waals surface area contributed by atoms with Crippen LogP contribution in [0.3, 0.4) is 0 Å². The van der Waals surface area contributed by atoms with Gasteiger partial charge in [-0.2, -0.15) is 0 Å². The summed E-state index contributed by atoms with van der Waals surface area (Å²) < 4.78 is 28.2. The summed E-state index contributed by atoms with van der Waals surface area (Å²) in [5, 5.41) is 6.46. The predicted molar refractivity (Wildman–Crippen MR) is 156 cm³/mol. The molecule has 0 radical (unpaired) electrons. The van der Waals surface area contributed by atoms with Gasteiger partial charge >= 0.3 is 0 Å². The highest BCUT2D eigenvalue weighted by Gasteiger charge is 2.40. The highest BCUT2D eigenvalue weighted by molar-refractivity contribution is 7.92. The number of nitrogens with zero attached hydrogens (tertiary/aromatic N) is 1. The van der Waals surface area contributed by atoms with Crippen molar-refractivity contribution in [1.29, 1.82) is 0 Å². The van der Waals surface area contributed by atoms with E-state index in [1.54, 1.807) is 24.3 Å². The van der Waals surface area contributed by atoms with Gasteiger partial charge in [0.15, 0.2) is 0 Å². The number of fused-ring (bicyclic) bond motifs is 2. The molecule has 2 heterocycles. The molecule has 2 aliphatic rings. The molecule has 5 rings (SSSR count). The smallest absolute Gasteiger partial charge is 0.261 e. The van der Waals surface area contributed by atoms with Gasteiger partial charge in [-0.1, -0.05) is 53.6 Å². The molecule has 2 aliphatic heterocycles.